The van der Waals surface area contributed by atoms with Crippen LogP contribution in [0.5, 0.6) is 34.5 Å². The lowest BCUT2D eigenvalue weighted by atomic mass is 10.1. The molecule has 0 amide bonds. The van der Waals surface area contributed by atoms with E-state index in [9.17, 15) is 10.2 Å². The van der Waals surface area contributed by atoms with E-state index in [2.05, 4.69) is 11.8 Å². The maximum Gasteiger partial charge on any atom is 0.144 e. The summed E-state index contributed by atoms with van der Waals surface area (Å²) < 4.78 is 11.5. The smallest absolute Gasteiger partial charge is 0.144 e. The SMILES string of the molecule is C#Cc1c(Oc2ccc(N)c(O)c2)ccc(Oc2ccc(N)c(O)c2)c1C#C. The molecule has 0 saturated carbocycles. The van der Waals surface area contributed by atoms with Gasteiger partial charge in [0.05, 0.1) is 22.5 Å². The first-order valence-corrected chi connectivity index (χ1v) is 8.06. The summed E-state index contributed by atoms with van der Waals surface area (Å²) in [5.41, 5.74) is 12.2. The van der Waals surface area contributed by atoms with Gasteiger partial charge in [0.1, 0.15) is 34.5 Å². The van der Waals surface area contributed by atoms with Crippen molar-refractivity contribution in [3.8, 4) is 59.2 Å². The van der Waals surface area contributed by atoms with Gasteiger partial charge in [0.15, 0.2) is 0 Å². The Hall–Kier alpha value is -4.42. The first-order chi connectivity index (χ1) is 13.4. The molecule has 0 spiro atoms. The molecule has 0 unspecified atom stereocenters. The number of terminal acetylenes is 2. The summed E-state index contributed by atoms with van der Waals surface area (Å²) in [5.74, 6) is 6.08. The van der Waals surface area contributed by atoms with E-state index < -0.39 is 0 Å². The fourth-order valence-electron chi connectivity index (χ4n) is 2.45. The van der Waals surface area contributed by atoms with E-state index in [1.807, 2.05) is 0 Å². The molecule has 0 heterocycles. The third-order valence-electron chi connectivity index (χ3n) is 3.88. The minimum absolute atomic E-state index is 0.111. The van der Waals surface area contributed by atoms with Gasteiger partial charge in [-0.2, -0.15) is 0 Å². The number of phenolic OH excluding ortho intramolecular Hbond substituents is 2. The van der Waals surface area contributed by atoms with E-state index in [-0.39, 0.29) is 22.9 Å². The van der Waals surface area contributed by atoms with Gasteiger partial charge < -0.3 is 31.2 Å². The molecule has 0 bridgehead atoms. The second-order valence-corrected chi connectivity index (χ2v) is 5.75. The molecular weight excluding hydrogens is 356 g/mol. The van der Waals surface area contributed by atoms with Crippen molar-refractivity contribution in [2.75, 3.05) is 11.5 Å². The number of aromatic hydroxyl groups is 2. The molecule has 6 N–H and O–H groups in total. The predicted octanol–water partition coefficient (Wildman–Crippen LogP) is 3.81. The number of rotatable bonds is 4. The third kappa shape index (κ3) is 3.57. The molecule has 0 saturated heterocycles. The van der Waals surface area contributed by atoms with E-state index >= 15 is 0 Å². The van der Waals surface area contributed by atoms with Crippen LogP contribution < -0.4 is 20.9 Å². The quantitative estimate of drug-likeness (QED) is 0.315. The Morgan fingerprint density at radius 1 is 0.679 bits per heavy atom. The largest absolute Gasteiger partial charge is 0.506 e. The normalized spacial score (nSPS) is 9.93. The van der Waals surface area contributed by atoms with Gasteiger partial charge in [-0.3, -0.25) is 0 Å². The molecule has 0 aliphatic carbocycles. The molecule has 0 aliphatic rings. The fraction of sp³-hybridized carbons (Fsp3) is 0. The molecule has 3 aromatic rings. The molecule has 0 atom stereocenters. The zero-order valence-corrected chi connectivity index (χ0v) is 14.6. The van der Waals surface area contributed by atoms with Crippen molar-refractivity contribution in [2.45, 2.75) is 0 Å². The van der Waals surface area contributed by atoms with E-state index in [1.165, 1.54) is 24.3 Å². The van der Waals surface area contributed by atoms with Crippen LogP contribution in [0.3, 0.4) is 0 Å². The molecule has 6 heteroatoms. The van der Waals surface area contributed by atoms with Gasteiger partial charge in [-0.15, -0.1) is 12.8 Å². The summed E-state index contributed by atoms with van der Waals surface area (Å²) >= 11 is 0. The van der Waals surface area contributed by atoms with Gasteiger partial charge in [-0.05, 0) is 36.4 Å². The van der Waals surface area contributed by atoms with Crippen LogP contribution in [0.4, 0.5) is 11.4 Å². The van der Waals surface area contributed by atoms with Gasteiger partial charge in [0.25, 0.3) is 0 Å². The lowest BCUT2D eigenvalue weighted by Gasteiger charge is -2.14. The van der Waals surface area contributed by atoms with Gasteiger partial charge in [-0.25, -0.2) is 0 Å². The van der Waals surface area contributed by atoms with Crippen LogP contribution >= 0.6 is 0 Å². The van der Waals surface area contributed by atoms with Crippen LogP contribution in [0.25, 0.3) is 0 Å². The average molecular weight is 372 g/mol. The molecule has 3 aromatic carbocycles. The highest BCUT2D eigenvalue weighted by Crippen LogP contribution is 2.37. The topological polar surface area (TPSA) is 111 Å². The van der Waals surface area contributed by atoms with Crippen LogP contribution in [0.2, 0.25) is 0 Å². The van der Waals surface area contributed by atoms with Gasteiger partial charge in [0, 0.05) is 12.1 Å². The van der Waals surface area contributed by atoms with E-state index in [4.69, 9.17) is 33.8 Å². The highest BCUT2D eigenvalue weighted by molar-refractivity contribution is 5.65. The molecule has 0 aromatic heterocycles. The first-order valence-electron chi connectivity index (χ1n) is 8.06. The Kier molecular flexibility index (Phi) is 4.89. The van der Waals surface area contributed by atoms with Crippen molar-refractivity contribution >= 4 is 11.4 Å². The minimum Gasteiger partial charge on any atom is -0.506 e. The predicted molar refractivity (Wildman–Crippen MR) is 107 cm³/mol. The highest BCUT2D eigenvalue weighted by Gasteiger charge is 2.15. The summed E-state index contributed by atoms with van der Waals surface area (Å²) in [7, 11) is 0. The van der Waals surface area contributed by atoms with E-state index in [0.717, 1.165) is 0 Å². The Morgan fingerprint density at radius 3 is 1.39 bits per heavy atom. The summed E-state index contributed by atoms with van der Waals surface area (Å²) in [6, 6.07) is 12.1. The lowest BCUT2D eigenvalue weighted by Crippen LogP contribution is -1.96. The number of nitrogen functional groups attached to an aromatic ring is 2. The second kappa shape index (κ2) is 7.45. The van der Waals surface area contributed by atoms with E-state index in [0.29, 0.717) is 34.1 Å². The van der Waals surface area contributed by atoms with Crippen LogP contribution in [0.1, 0.15) is 11.1 Å². The van der Waals surface area contributed by atoms with E-state index in [1.54, 1.807) is 24.3 Å². The summed E-state index contributed by atoms with van der Waals surface area (Å²) in [5, 5.41) is 19.5. The van der Waals surface area contributed by atoms with Crippen LogP contribution in [0.15, 0.2) is 48.5 Å². The van der Waals surface area contributed by atoms with Crippen molar-refractivity contribution in [3.05, 3.63) is 59.7 Å². The number of hydrogen-bond donors (Lipinski definition) is 4. The van der Waals surface area contributed by atoms with Crippen molar-refractivity contribution in [2.24, 2.45) is 0 Å². The number of benzene rings is 3. The Morgan fingerprint density at radius 2 is 1.07 bits per heavy atom. The third-order valence-corrected chi connectivity index (χ3v) is 3.88. The molecule has 0 aliphatic heterocycles. The zero-order valence-electron chi connectivity index (χ0n) is 14.6. The lowest BCUT2D eigenvalue weighted by molar-refractivity contribution is 0.448. The van der Waals surface area contributed by atoms with Gasteiger partial charge >= 0.3 is 0 Å². The molecular formula is C22H16N2O4. The first kappa shape index (κ1) is 18.4. The Balaban J connectivity index is 1.98. The minimum atomic E-state index is -0.111. The molecule has 3 rings (SSSR count). The standard InChI is InChI=1S/C22H16N2O4/c1-3-15-16(4-2)22(28-14-6-8-18(24)20(26)12-14)10-9-21(15)27-13-5-7-17(23)19(25)11-13/h1-2,5-12,25-26H,23-24H2. The molecule has 0 radical (unpaired) electrons. The van der Waals surface area contributed by atoms with Gasteiger partial charge in [0.2, 0.25) is 0 Å². The van der Waals surface area contributed by atoms with Crippen molar-refractivity contribution in [1.29, 1.82) is 0 Å². The highest BCUT2D eigenvalue weighted by atomic mass is 16.5. The van der Waals surface area contributed by atoms with Gasteiger partial charge in [-0.1, -0.05) is 11.8 Å². The Labute approximate surface area is 161 Å². The number of anilines is 2. The summed E-state index contributed by atoms with van der Waals surface area (Å²) in [6.07, 6.45) is 11.3. The summed E-state index contributed by atoms with van der Waals surface area (Å²) in [4.78, 5) is 0. The fourth-order valence-corrected chi connectivity index (χ4v) is 2.45. The van der Waals surface area contributed by atoms with Crippen molar-refractivity contribution < 1.29 is 19.7 Å². The molecule has 138 valence electrons. The number of nitrogens with two attached hydrogens (primary N) is 2. The number of phenols is 2. The maximum absolute atomic E-state index is 9.73. The number of hydrogen-bond acceptors (Lipinski definition) is 6. The summed E-state index contributed by atoms with van der Waals surface area (Å²) in [6.45, 7) is 0. The van der Waals surface area contributed by atoms with Crippen LogP contribution in [0, 0.1) is 24.7 Å². The van der Waals surface area contributed by atoms with Crippen LogP contribution in [-0.4, -0.2) is 10.2 Å². The van der Waals surface area contributed by atoms with Crippen molar-refractivity contribution in [3.63, 3.8) is 0 Å². The zero-order chi connectivity index (χ0) is 20.3. The maximum atomic E-state index is 9.73. The van der Waals surface area contributed by atoms with Crippen molar-refractivity contribution in [1.82, 2.24) is 0 Å². The second-order valence-electron chi connectivity index (χ2n) is 5.75. The van der Waals surface area contributed by atoms with Crippen LogP contribution in [-0.2, 0) is 0 Å². The molecule has 0 fully saturated rings. The monoisotopic (exact) mass is 372 g/mol. The average Bonchev–Trinajstić information content (AvgIpc) is 2.68. The molecule has 28 heavy (non-hydrogen) atoms. The Bertz CT molecular complexity index is 1050. The number of ether oxygens (including phenoxy) is 2. The molecule has 6 nitrogen and oxygen atoms in total.